The molecule has 3 rings (SSSR count). The topological polar surface area (TPSA) is 32.3 Å². The van der Waals surface area contributed by atoms with Gasteiger partial charge in [0.1, 0.15) is 0 Å². The van der Waals surface area contributed by atoms with E-state index in [9.17, 15) is 4.79 Å². The molecular weight excluding hydrogens is 320 g/mol. The molecule has 3 nitrogen and oxygen atoms in total. The van der Waals surface area contributed by atoms with Gasteiger partial charge in [-0.15, -0.1) is 0 Å². The van der Waals surface area contributed by atoms with Crippen LogP contribution in [-0.2, 0) is 13.1 Å². The molecule has 1 saturated heterocycles. The number of halogens is 1. The van der Waals surface area contributed by atoms with Gasteiger partial charge in [-0.05, 0) is 49.2 Å². The Kier molecular flexibility index (Phi) is 5.89. The molecule has 4 heteroatoms. The number of nitrogens with zero attached hydrogens (tertiary/aromatic N) is 1. The Balaban J connectivity index is 1.64. The van der Waals surface area contributed by atoms with Crippen molar-refractivity contribution in [3.8, 4) is 0 Å². The van der Waals surface area contributed by atoms with Crippen LogP contribution in [0.2, 0.25) is 5.02 Å². The highest BCUT2D eigenvalue weighted by molar-refractivity contribution is 6.33. The Hall–Kier alpha value is -1.84. The number of rotatable bonds is 5. The van der Waals surface area contributed by atoms with Crippen molar-refractivity contribution in [2.75, 3.05) is 13.1 Å². The maximum Gasteiger partial charge on any atom is 0.253 e. The lowest BCUT2D eigenvalue weighted by molar-refractivity contribution is 0.0951. The van der Waals surface area contributed by atoms with Crippen LogP contribution in [0.4, 0.5) is 0 Å². The molecule has 1 amide bonds. The minimum absolute atomic E-state index is 0.131. The average Bonchev–Trinajstić information content (AvgIpc) is 2.62. The Morgan fingerprint density at radius 1 is 0.958 bits per heavy atom. The van der Waals surface area contributed by atoms with Crippen LogP contribution in [0.15, 0.2) is 48.5 Å². The molecule has 0 spiro atoms. The molecule has 0 unspecified atom stereocenters. The van der Waals surface area contributed by atoms with Gasteiger partial charge in [0, 0.05) is 13.1 Å². The van der Waals surface area contributed by atoms with Crippen LogP contribution < -0.4 is 5.32 Å². The molecule has 1 heterocycles. The number of nitrogens with one attached hydrogen (secondary N) is 1. The minimum atomic E-state index is -0.131. The third-order valence-electron chi connectivity index (χ3n) is 4.52. The predicted octanol–water partition coefficient (Wildman–Crippen LogP) is 4.26. The number of benzene rings is 2. The van der Waals surface area contributed by atoms with Crippen LogP contribution >= 0.6 is 11.6 Å². The lowest BCUT2D eigenvalue weighted by Crippen LogP contribution is -2.30. The highest BCUT2D eigenvalue weighted by Crippen LogP contribution is 2.17. The maximum atomic E-state index is 12.3. The van der Waals surface area contributed by atoms with Gasteiger partial charge < -0.3 is 5.32 Å². The Bertz CT molecular complexity index is 696. The van der Waals surface area contributed by atoms with Crippen LogP contribution in [0.5, 0.6) is 0 Å². The van der Waals surface area contributed by atoms with Crippen molar-refractivity contribution in [1.29, 1.82) is 0 Å². The van der Waals surface area contributed by atoms with E-state index < -0.39 is 0 Å². The van der Waals surface area contributed by atoms with E-state index in [1.807, 2.05) is 18.2 Å². The maximum absolute atomic E-state index is 12.3. The van der Waals surface area contributed by atoms with E-state index in [0.717, 1.165) is 6.54 Å². The van der Waals surface area contributed by atoms with Gasteiger partial charge in [-0.1, -0.05) is 54.4 Å². The summed E-state index contributed by atoms with van der Waals surface area (Å²) in [6.45, 7) is 3.81. The zero-order chi connectivity index (χ0) is 16.8. The first-order chi connectivity index (χ1) is 11.7. The molecule has 1 fully saturated rings. The minimum Gasteiger partial charge on any atom is -0.348 e. The summed E-state index contributed by atoms with van der Waals surface area (Å²) in [4.78, 5) is 14.8. The summed E-state index contributed by atoms with van der Waals surface area (Å²) in [5.41, 5.74) is 2.98. The largest absolute Gasteiger partial charge is 0.348 e. The van der Waals surface area contributed by atoms with Crippen molar-refractivity contribution in [2.45, 2.75) is 32.4 Å². The van der Waals surface area contributed by atoms with Crippen LogP contribution in [0.3, 0.4) is 0 Å². The third-order valence-corrected chi connectivity index (χ3v) is 4.85. The molecule has 1 aliphatic heterocycles. The Morgan fingerprint density at radius 2 is 1.62 bits per heavy atom. The second kappa shape index (κ2) is 8.32. The van der Waals surface area contributed by atoms with Crippen LogP contribution in [0.1, 0.15) is 40.7 Å². The smallest absolute Gasteiger partial charge is 0.253 e. The number of likely N-dealkylation sites (tertiary alicyclic amines) is 1. The quantitative estimate of drug-likeness (QED) is 0.880. The molecule has 0 radical (unpaired) electrons. The van der Waals surface area contributed by atoms with Crippen molar-refractivity contribution in [3.05, 3.63) is 70.2 Å². The van der Waals surface area contributed by atoms with Gasteiger partial charge in [-0.2, -0.15) is 0 Å². The van der Waals surface area contributed by atoms with Crippen molar-refractivity contribution in [1.82, 2.24) is 10.2 Å². The molecule has 1 aliphatic rings. The standard InChI is InChI=1S/C20H23ClN2O/c21-19-11-5-4-10-18(19)20(24)22-14-16-8-2-3-9-17(16)15-23-12-6-1-7-13-23/h2-5,8-11H,1,6-7,12-15H2,(H,22,24). The molecule has 2 aromatic rings. The van der Waals surface area contributed by atoms with E-state index in [2.05, 4.69) is 28.4 Å². The van der Waals surface area contributed by atoms with Gasteiger partial charge in [-0.3, -0.25) is 9.69 Å². The molecule has 1 N–H and O–H groups in total. The van der Waals surface area contributed by atoms with Crippen LogP contribution in [-0.4, -0.2) is 23.9 Å². The van der Waals surface area contributed by atoms with E-state index in [4.69, 9.17) is 11.6 Å². The molecular formula is C20H23ClN2O. The number of carbonyl (C=O) groups excluding carboxylic acids is 1. The summed E-state index contributed by atoms with van der Waals surface area (Å²) in [6.07, 6.45) is 3.91. The first-order valence-electron chi connectivity index (χ1n) is 8.56. The fraction of sp³-hybridized carbons (Fsp3) is 0.350. The number of carbonyl (C=O) groups is 1. The highest BCUT2D eigenvalue weighted by Gasteiger charge is 2.13. The zero-order valence-corrected chi connectivity index (χ0v) is 14.6. The second-order valence-corrected chi connectivity index (χ2v) is 6.68. The molecule has 0 saturated carbocycles. The fourth-order valence-corrected chi connectivity index (χ4v) is 3.38. The number of hydrogen-bond donors (Lipinski definition) is 1. The van der Waals surface area contributed by atoms with E-state index >= 15 is 0 Å². The number of amides is 1. The first-order valence-corrected chi connectivity index (χ1v) is 8.94. The SMILES string of the molecule is O=C(NCc1ccccc1CN1CCCCC1)c1ccccc1Cl. The molecule has 24 heavy (non-hydrogen) atoms. The lowest BCUT2D eigenvalue weighted by atomic mass is 10.0. The predicted molar refractivity (Wildman–Crippen MR) is 98.2 cm³/mol. The van der Waals surface area contributed by atoms with Gasteiger partial charge >= 0.3 is 0 Å². The number of piperidine rings is 1. The van der Waals surface area contributed by atoms with Crippen molar-refractivity contribution < 1.29 is 4.79 Å². The van der Waals surface area contributed by atoms with Crippen molar-refractivity contribution >= 4 is 17.5 Å². The third kappa shape index (κ3) is 4.37. The van der Waals surface area contributed by atoms with E-state index in [1.165, 1.54) is 43.5 Å². The zero-order valence-electron chi connectivity index (χ0n) is 13.8. The average molecular weight is 343 g/mol. The van der Waals surface area contributed by atoms with Gasteiger partial charge in [0.2, 0.25) is 0 Å². The highest BCUT2D eigenvalue weighted by atomic mass is 35.5. The molecule has 0 bridgehead atoms. The Labute approximate surface area is 148 Å². The molecule has 0 aromatic heterocycles. The molecule has 0 aliphatic carbocycles. The van der Waals surface area contributed by atoms with Gasteiger partial charge in [0.25, 0.3) is 5.91 Å². The van der Waals surface area contributed by atoms with E-state index in [0.29, 0.717) is 17.1 Å². The first kappa shape index (κ1) is 17.0. The summed E-state index contributed by atoms with van der Waals surface area (Å²) < 4.78 is 0. The normalized spacial score (nSPS) is 15.2. The summed E-state index contributed by atoms with van der Waals surface area (Å²) in [6, 6.07) is 15.5. The van der Waals surface area contributed by atoms with Gasteiger partial charge in [-0.25, -0.2) is 0 Å². The second-order valence-electron chi connectivity index (χ2n) is 6.27. The van der Waals surface area contributed by atoms with E-state index in [1.54, 1.807) is 12.1 Å². The fourth-order valence-electron chi connectivity index (χ4n) is 3.16. The summed E-state index contributed by atoms with van der Waals surface area (Å²) >= 11 is 6.09. The summed E-state index contributed by atoms with van der Waals surface area (Å²) in [5, 5.41) is 3.47. The van der Waals surface area contributed by atoms with Gasteiger partial charge in [0.15, 0.2) is 0 Å². The van der Waals surface area contributed by atoms with Crippen LogP contribution in [0, 0.1) is 0 Å². The van der Waals surface area contributed by atoms with Crippen molar-refractivity contribution in [3.63, 3.8) is 0 Å². The van der Waals surface area contributed by atoms with E-state index in [-0.39, 0.29) is 5.91 Å². The summed E-state index contributed by atoms with van der Waals surface area (Å²) in [5.74, 6) is -0.131. The van der Waals surface area contributed by atoms with Crippen LogP contribution in [0.25, 0.3) is 0 Å². The molecule has 0 atom stereocenters. The van der Waals surface area contributed by atoms with Gasteiger partial charge in [0.05, 0.1) is 10.6 Å². The lowest BCUT2D eigenvalue weighted by Gasteiger charge is -2.27. The Morgan fingerprint density at radius 3 is 2.38 bits per heavy atom. The molecule has 126 valence electrons. The molecule has 2 aromatic carbocycles. The van der Waals surface area contributed by atoms with Crippen molar-refractivity contribution in [2.24, 2.45) is 0 Å². The monoisotopic (exact) mass is 342 g/mol. The number of hydrogen-bond acceptors (Lipinski definition) is 2. The summed E-state index contributed by atoms with van der Waals surface area (Å²) in [7, 11) is 0.